The smallest absolute Gasteiger partial charge is 0.429 e. The number of hydrogen-bond donors (Lipinski definition) is 3. The number of hydrogen-bond acceptors (Lipinski definition) is 10. The van der Waals surface area contributed by atoms with Crippen molar-refractivity contribution in [2.45, 2.75) is 49.4 Å². The number of nitrogen functional groups attached to an aromatic ring is 1. The molecule has 254 valence electrons. The number of alkyl halides is 3. The molecule has 0 saturated carbocycles. The van der Waals surface area contributed by atoms with Crippen LogP contribution in [0.1, 0.15) is 36.6 Å². The predicted molar refractivity (Wildman–Crippen MR) is 171 cm³/mol. The van der Waals surface area contributed by atoms with Gasteiger partial charge in [-0.25, -0.2) is 13.1 Å². The van der Waals surface area contributed by atoms with Crippen LogP contribution in [0.25, 0.3) is 16.8 Å². The highest BCUT2D eigenvalue weighted by Gasteiger charge is 2.46. The average Bonchev–Trinajstić information content (AvgIpc) is 3.65. The monoisotopic (exact) mass is 685 g/mol. The fourth-order valence-corrected chi connectivity index (χ4v) is 6.98. The summed E-state index contributed by atoms with van der Waals surface area (Å²) in [5.41, 5.74) is 7.36. The van der Waals surface area contributed by atoms with Crippen LogP contribution in [-0.2, 0) is 14.6 Å². The molecule has 16 heteroatoms. The van der Waals surface area contributed by atoms with Crippen molar-refractivity contribution in [1.82, 2.24) is 25.1 Å². The lowest BCUT2D eigenvalue weighted by molar-refractivity contribution is -0.198. The number of rotatable bonds is 8. The summed E-state index contributed by atoms with van der Waals surface area (Å²) < 4.78 is 75.3. The number of piperidine rings is 1. The second kappa shape index (κ2) is 12.4. The lowest BCUT2D eigenvalue weighted by atomic mass is 9.76. The van der Waals surface area contributed by atoms with Gasteiger partial charge in [0.1, 0.15) is 11.9 Å². The van der Waals surface area contributed by atoms with Crippen molar-refractivity contribution < 1.29 is 36.2 Å². The molecule has 48 heavy (non-hydrogen) atoms. The molecule has 2 fully saturated rings. The molecule has 0 radical (unpaired) electrons. The maximum atomic E-state index is 14.8. The SMILES string of the molecule is Cc1ccn(-c2cc(-c3ccc(S(C)(=O)=O)cc3)ccc2[C@@H](Oc2cc(N3CCC4(CC3)CNC(C(=O)O)C4)nc(N)n2)C(F)(F)F)n1. The number of sulfone groups is 1. The molecule has 6 rings (SSSR count). The van der Waals surface area contributed by atoms with Crippen LogP contribution in [0, 0.1) is 12.3 Å². The molecule has 0 aliphatic carbocycles. The number of ether oxygens (including phenoxy) is 1. The molecule has 2 aromatic carbocycles. The molecule has 4 N–H and O–H groups in total. The van der Waals surface area contributed by atoms with E-state index in [0.717, 1.165) is 6.26 Å². The summed E-state index contributed by atoms with van der Waals surface area (Å²) in [6, 6.07) is 12.8. The van der Waals surface area contributed by atoms with Crippen molar-refractivity contribution in [3.63, 3.8) is 0 Å². The number of carboxylic acid groups (broad SMARTS) is 1. The third-order valence-electron chi connectivity index (χ3n) is 8.95. The number of aliphatic carboxylic acids is 1. The van der Waals surface area contributed by atoms with Crippen molar-refractivity contribution in [3.05, 3.63) is 72.1 Å². The van der Waals surface area contributed by atoms with Crippen LogP contribution >= 0.6 is 0 Å². The summed E-state index contributed by atoms with van der Waals surface area (Å²) in [5.74, 6) is -1.20. The van der Waals surface area contributed by atoms with Gasteiger partial charge in [-0.1, -0.05) is 24.3 Å². The molecule has 4 heterocycles. The highest BCUT2D eigenvalue weighted by Crippen LogP contribution is 2.43. The molecule has 2 aliphatic rings. The van der Waals surface area contributed by atoms with Gasteiger partial charge in [0, 0.05) is 43.7 Å². The van der Waals surface area contributed by atoms with Gasteiger partial charge >= 0.3 is 12.1 Å². The van der Waals surface area contributed by atoms with E-state index in [1.54, 1.807) is 31.3 Å². The predicted octanol–water partition coefficient (Wildman–Crippen LogP) is 4.34. The second-order valence-electron chi connectivity index (χ2n) is 12.4. The van der Waals surface area contributed by atoms with Crippen molar-refractivity contribution >= 4 is 27.6 Å². The largest absolute Gasteiger partial charge is 0.480 e. The number of benzene rings is 2. The van der Waals surface area contributed by atoms with Gasteiger partial charge in [0.05, 0.1) is 16.3 Å². The molecule has 4 aromatic rings. The highest BCUT2D eigenvalue weighted by atomic mass is 32.2. The first-order chi connectivity index (χ1) is 22.6. The Morgan fingerprint density at radius 2 is 1.77 bits per heavy atom. The number of aromatic nitrogens is 4. The molecule has 1 spiro atoms. The van der Waals surface area contributed by atoms with Gasteiger partial charge in [-0.15, -0.1) is 0 Å². The van der Waals surface area contributed by atoms with E-state index in [4.69, 9.17) is 10.5 Å². The van der Waals surface area contributed by atoms with E-state index in [9.17, 15) is 31.5 Å². The summed E-state index contributed by atoms with van der Waals surface area (Å²) in [5, 5.41) is 16.8. The second-order valence-corrected chi connectivity index (χ2v) is 14.4. The maximum Gasteiger partial charge on any atom is 0.429 e. The first-order valence-electron chi connectivity index (χ1n) is 15.2. The van der Waals surface area contributed by atoms with Crippen LogP contribution < -0.4 is 20.7 Å². The molecule has 2 atom stereocenters. The zero-order chi connectivity index (χ0) is 34.4. The van der Waals surface area contributed by atoms with E-state index >= 15 is 0 Å². The number of carboxylic acids is 1. The number of aryl methyl sites for hydroxylation is 1. The fourth-order valence-electron chi connectivity index (χ4n) is 6.35. The van der Waals surface area contributed by atoms with Gasteiger partial charge in [-0.3, -0.25) is 4.79 Å². The number of nitrogens with two attached hydrogens (primary N) is 1. The number of nitrogens with one attached hydrogen (secondary N) is 1. The molecule has 0 bridgehead atoms. The molecule has 2 aliphatic heterocycles. The quantitative estimate of drug-likeness (QED) is 0.242. The lowest BCUT2D eigenvalue weighted by Gasteiger charge is -2.39. The normalized spacial score (nSPS) is 18.6. The Morgan fingerprint density at radius 1 is 1.08 bits per heavy atom. The van der Waals surface area contributed by atoms with E-state index in [-0.39, 0.29) is 33.4 Å². The molecule has 1 unspecified atom stereocenters. The lowest BCUT2D eigenvalue weighted by Crippen LogP contribution is -2.41. The van der Waals surface area contributed by atoms with Gasteiger partial charge in [-0.2, -0.15) is 28.2 Å². The van der Waals surface area contributed by atoms with Gasteiger partial charge in [0.2, 0.25) is 17.9 Å². The summed E-state index contributed by atoms with van der Waals surface area (Å²) in [4.78, 5) is 21.7. The van der Waals surface area contributed by atoms with Gasteiger partial charge in [0.15, 0.2) is 9.84 Å². The zero-order valence-corrected chi connectivity index (χ0v) is 26.9. The minimum absolute atomic E-state index is 0.100. The Kier molecular flexibility index (Phi) is 8.57. The summed E-state index contributed by atoms with van der Waals surface area (Å²) in [7, 11) is -3.44. The molecule has 2 aromatic heterocycles. The third-order valence-corrected chi connectivity index (χ3v) is 10.1. The fraction of sp³-hybridized carbons (Fsp3) is 0.375. The summed E-state index contributed by atoms with van der Waals surface area (Å²) >= 11 is 0. The van der Waals surface area contributed by atoms with E-state index in [1.807, 2.05) is 4.90 Å². The van der Waals surface area contributed by atoms with Gasteiger partial charge in [0.25, 0.3) is 0 Å². The van der Waals surface area contributed by atoms with Crippen LogP contribution in [0.15, 0.2) is 65.7 Å². The van der Waals surface area contributed by atoms with Crippen LogP contribution in [-0.4, -0.2) is 77.4 Å². The Labute approximate surface area is 274 Å². The summed E-state index contributed by atoms with van der Waals surface area (Å²) in [6.45, 7) is 3.29. The van der Waals surface area contributed by atoms with Crippen molar-refractivity contribution in [2.75, 3.05) is 36.5 Å². The topological polar surface area (TPSA) is 166 Å². The van der Waals surface area contributed by atoms with Crippen LogP contribution in [0.4, 0.5) is 24.9 Å². The van der Waals surface area contributed by atoms with E-state index in [1.165, 1.54) is 41.1 Å². The minimum Gasteiger partial charge on any atom is -0.480 e. The van der Waals surface area contributed by atoms with Crippen molar-refractivity contribution in [1.29, 1.82) is 0 Å². The van der Waals surface area contributed by atoms with Gasteiger partial charge < -0.3 is 25.8 Å². The van der Waals surface area contributed by atoms with Gasteiger partial charge in [-0.05, 0) is 67.0 Å². The number of carbonyl (C=O) groups is 1. The molecular weight excluding hydrogens is 651 g/mol. The molecule has 12 nitrogen and oxygen atoms in total. The molecule has 2 saturated heterocycles. The van der Waals surface area contributed by atoms with Crippen LogP contribution in [0.3, 0.4) is 0 Å². The first kappa shape index (κ1) is 33.2. The summed E-state index contributed by atoms with van der Waals surface area (Å²) in [6.07, 6.45) is -2.87. The van der Waals surface area contributed by atoms with Crippen LogP contribution in [0.2, 0.25) is 0 Å². The Morgan fingerprint density at radius 3 is 2.35 bits per heavy atom. The Hall–Kier alpha value is -4.70. The first-order valence-corrected chi connectivity index (χ1v) is 17.1. The average molecular weight is 686 g/mol. The Balaban J connectivity index is 1.31. The van der Waals surface area contributed by atoms with E-state index in [2.05, 4.69) is 20.4 Å². The molecule has 0 amide bonds. The number of anilines is 2. The third kappa shape index (κ3) is 6.94. The van der Waals surface area contributed by atoms with Crippen molar-refractivity contribution in [3.8, 4) is 22.7 Å². The van der Waals surface area contributed by atoms with E-state index in [0.29, 0.717) is 61.5 Å². The standard InChI is InChI=1S/C32H34F3N7O5S/c1-19-9-12-42(40-19)25-15-21(20-3-6-22(7-4-20)48(2,45)46)5-8-23(25)28(32(33,34)35)47-27-16-26(38-30(36)39-27)41-13-10-31(11-14-41)17-24(29(43)44)37-18-31/h3-9,12,15-16,24,28,37H,10-11,13-14,17-18H2,1-2H3,(H,43,44)(H2,36,38,39)/t24?,28-/m1/s1. The number of halogens is 3. The van der Waals surface area contributed by atoms with Crippen LogP contribution in [0.5, 0.6) is 5.88 Å². The minimum atomic E-state index is -4.89. The highest BCUT2D eigenvalue weighted by molar-refractivity contribution is 7.90. The van der Waals surface area contributed by atoms with Crippen molar-refractivity contribution in [2.24, 2.45) is 5.41 Å². The molecular formula is C32H34F3N7O5S. The van der Waals surface area contributed by atoms with E-state index < -0.39 is 34.1 Å². The number of nitrogens with zero attached hydrogens (tertiary/aromatic N) is 5. The zero-order valence-electron chi connectivity index (χ0n) is 26.1. The maximum absolute atomic E-state index is 14.8. The Bertz CT molecular complexity index is 1940.